The number of halogens is 1. The number of sulfonamides is 1. The monoisotopic (exact) mass is 588 g/mol. The number of rotatable bonds is 10. The number of methoxy groups -OCH3 is 1. The molecule has 5 rings (SSSR count). The molecular weight excluding hydrogens is 568 g/mol. The standard InChI is InChI=1S/C25H21ClN4O9S/c1-35-16-5-6-17(26)19(13-16)39-22-24(29-40(33,34)20-4-2-3-18-21(20)38-14-37-18)27-23(28-25(22)36-12-11-31)15-7-9-30(32)10-8-15/h2-10,13,31H,11-12,14H2,1H3,(H,27,28,29). The maximum absolute atomic E-state index is 13.6. The lowest BCUT2D eigenvalue weighted by atomic mass is 10.2. The second kappa shape index (κ2) is 11.3. The Bertz CT molecular complexity index is 1650. The number of benzene rings is 2. The molecule has 1 aliphatic rings. The molecular formula is C25H21ClN4O9S. The van der Waals surface area contributed by atoms with E-state index in [-0.39, 0.29) is 70.4 Å². The SMILES string of the molecule is COc1ccc(Cl)c(Oc2c(NS(=O)(=O)c3cccc4c3OCO4)nc(-c3cc[n+]([O-])cc3)nc2OCCO)c1. The van der Waals surface area contributed by atoms with Crippen LogP contribution in [0.5, 0.6) is 34.6 Å². The van der Waals surface area contributed by atoms with E-state index < -0.39 is 10.0 Å². The molecule has 0 unspecified atom stereocenters. The first-order valence-corrected chi connectivity index (χ1v) is 13.4. The van der Waals surface area contributed by atoms with Crippen molar-refractivity contribution < 1.29 is 41.9 Å². The van der Waals surface area contributed by atoms with Gasteiger partial charge in [0.05, 0.1) is 18.7 Å². The first-order chi connectivity index (χ1) is 19.3. The third-order valence-corrected chi connectivity index (χ3v) is 7.13. The van der Waals surface area contributed by atoms with Crippen LogP contribution in [0.25, 0.3) is 11.4 Å². The van der Waals surface area contributed by atoms with Crippen molar-refractivity contribution >= 4 is 27.4 Å². The van der Waals surface area contributed by atoms with Gasteiger partial charge in [0.15, 0.2) is 35.5 Å². The van der Waals surface area contributed by atoms with E-state index in [0.717, 1.165) is 0 Å². The predicted octanol–water partition coefficient (Wildman–Crippen LogP) is 3.13. The summed E-state index contributed by atoms with van der Waals surface area (Å²) in [5.41, 5.74) is 0.365. The van der Waals surface area contributed by atoms with E-state index >= 15 is 0 Å². The van der Waals surface area contributed by atoms with Gasteiger partial charge in [-0.25, -0.2) is 13.4 Å². The number of hydrogen-bond donors (Lipinski definition) is 2. The zero-order valence-electron chi connectivity index (χ0n) is 20.7. The second-order valence-electron chi connectivity index (χ2n) is 8.04. The zero-order valence-corrected chi connectivity index (χ0v) is 22.3. The molecule has 2 aromatic carbocycles. The minimum absolute atomic E-state index is 0.00629. The van der Waals surface area contributed by atoms with E-state index in [1.54, 1.807) is 12.1 Å². The molecule has 2 N–H and O–H groups in total. The lowest BCUT2D eigenvalue weighted by Crippen LogP contribution is -2.23. The quantitative estimate of drug-likeness (QED) is 0.206. The number of aliphatic hydroxyl groups excluding tert-OH is 1. The van der Waals surface area contributed by atoms with Crippen molar-refractivity contribution in [2.24, 2.45) is 0 Å². The number of nitrogens with zero attached hydrogens (tertiary/aromatic N) is 3. The van der Waals surface area contributed by atoms with Crippen molar-refractivity contribution in [1.29, 1.82) is 0 Å². The molecule has 13 nitrogen and oxygen atoms in total. The van der Waals surface area contributed by atoms with E-state index in [4.69, 9.17) is 35.3 Å². The molecule has 4 aromatic rings. The van der Waals surface area contributed by atoms with Crippen LogP contribution in [0.15, 0.2) is 65.8 Å². The van der Waals surface area contributed by atoms with Crippen molar-refractivity contribution in [1.82, 2.24) is 9.97 Å². The van der Waals surface area contributed by atoms with E-state index in [1.165, 1.54) is 55.9 Å². The van der Waals surface area contributed by atoms with E-state index in [2.05, 4.69) is 14.7 Å². The third kappa shape index (κ3) is 5.59. The Labute approximate surface area is 233 Å². The highest BCUT2D eigenvalue weighted by Gasteiger charge is 2.30. The van der Waals surface area contributed by atoms with Crippen LogP contribution in [0, 0.1) is 5.21 Å². The van der Waals surface area contributed by atoms with Crippen LogP contribution in [0.2, 0.25) is 5.02 Å². The van der Waals surface area contributed by atoms with Gasteiger partial charge < -0.3 is 34.0 Å². The Kier molecular flexibility index (Phi) is 7.64. The van der Waals surface area contributed by atoms with Crippen LogP contribution in [0.3, 0.4) is 0 Å². The zero-order chi connectivity index (χ0) is 28.3. The largest absolute Gasteiger partial charge is 0.619 e. The summed E-state index contributed by atoms with van der Waals surface area (Å²) in [7, 11) is -2.91. The van der Waals surface area contributed by atoms with Crippen LogP contribution >= 0.6 is 11.6 Å². The molecule has 15 heteroatoms. The Balaban J connectivity index is 1.67. The maximum atomic E-state index is 13.6. The summed E-state index contributed by atoms with van der Waals surface area (Å²) >= 11 is 6.34. The summed E-state index contributed by atoms with van der Waals surface area (Å²) in [6.07, 6.45) is 2.45. The summed E-state index contributed by atoms with van der Waals surface area (Å²) in [6, 6.07) is 11.9. The number of pyridine rings is 1. The molecule has 0 bridgehead atoms. The molecule has 2 aromatic heterocycles. The fraction of sp³-hybridized carbons (Fsp3) is 0.160. The number of anilines is 1. The first kappa shape index (κ1) is 27.1. The predicted molar refractivity (Wildman–Crippen MR) is 140 cm³/mol. The van der Waals surface area contributed by atoms with Crippen molar-refractivity contribution in [3.05, 3.63) is 71.2 Å². The maximum Gasteiger partial charge on any atom is 0.267 e. The Morgan fingerprint density at radius 2 is 1.95 bits per heavy atom. The van der Waals surface area contributed by atoms with Gasteiger partial charge in [-0.3, -0.25) is 4.72 Å². The molecule has 0 saturated heterocycles. The van der Waals surface area contributed by atoms with Gasteiger partial charge in [0, 0.05) is 23.8 Å². The Morgan fingerprint density at radius 1 is 1.15 bits per heavy atom. The number of nitrogens with one attached hydrogen (secondary N) is 1. The van der Waals surface area contributed by atoms with Crippen molar-refractivity contribution in [2.75, 3.05) is 31.8 Å². The van der Waals surface area contributed by atoms with Gasteiger partial charge >= 0.3 is 0 Å². The van der Waals surface area contributed by atoms with Crippen LogP contribution in [0.4, 0.5) is 5.82 Å². The normalized spacial score (nSPS) is 12.2. The van der Waals surface area contributed by atoms with Gasteiger partial charge in [-0.2, -0.15) is 9.71 Å². The molecule has 0 radical (unpaired) electrons. The van der Waals surface area contributed by atoms with Gasteiger partial charge in [0.25, 0.3) is 15.9 Å². The fourth-order valence-corrected chi connectivity index (χ4v) is 4.94. The molecule has 0 atom stereocenters. The minimum Gasteiger partial charge on any atom is -0.619 e. The molecule has 0 amide bonds. The average Bonchev–Trinajstić information content (AvgIpc) is 3.43. The molecule has 1 aliphatic heterocycles. The van der Waals surface area contributed by atoms with Crippen molar-refractivity contribution in [2.45, 2.75) is 4.90 Å². The Morgan fingerprint density at radius 3 is 2.70 bits per heavy atom. The van der Waals surface area contributed by atoms with Crippen LogP contribution in [-0.4, -0.2) is 50.6 Å². The summed E-state index contributed by atoms with van der Waals surface area (Å²) in [5.74, 6) is -0.0288. The number of aromatic nitrogens is 3. The number of ether oxygens (including phenoxy) is 5. The lowest BCUT2D eigenvalue weighted by molar-refractivity contribution is -0.605. The van der Waals surface area contributed by atoms with E-state index in [1.807, 2.05) is 0 Å². The molecule has 0 spiro atoms. The first-order valence-electron chi connectivity index (χ1n) is 11.6. The molecule has 0 aliphatic carbocycles. The topological polar surface area (TPSA) is 165 Å². The number of aliphatic hydroxyl groups is 1. The third-order valence-electron chi connectivity index (χ3n) is 5.46. The van der Waals surface area contributed by atoms with Gasteiger partial charge in [-0.1, -0.05) is 17.7 Å². The van der Waals surface area contributed by atoms with E-state index in [9.17, 15) is 18.7 Å². The highest BCUT2D eigenvalue weighted by Crippen LogP contribution is 2.43. The van der Waals surface area contributed by atoms with Gasteiger partial charge in [0.2, 0.25) is 12.5 Å². The minimum atomic E-state index is -4.36. The smallest absolute Gasteiger partial charge is 0.267 e. The molecule has 208 valence electrons. The van der Waals surface area contributed by atoms with Crippen LogP contribution < -0.4 is 33.1 Å². The molecule has 0 fully saturated rings. The highest BCUT2D eigenvalue weighted by molar-refractivity contribution is 7.92. The molecule has 3 heterocycles. The van der Waals surface area contributed by atoms with Gasteiger partial charge in [-0.15, -0.1) is 0 Å². The second-order valence-corrected chi connectivity index (χ2v) is 10.1. The van der Waals surface area contributed by atoms with Gasteiger partial charge in [-0.05, 0) is 24.3 Å². The fourth-order valence-electron chi connectivity index (χ4n) is 3.62. The lowest BCUT2D eigenvalue weighted by Gasteiger charge is -2.18. The number of para-hydroxylation sites is 1. The number of hydrogen-bond acceptors (Lipinski definition) is 11. The highest BCUT2D eigenvalue weighted by atomic mass is 35.5. The number of fused-ring (bicyclic) bond motifs is 1. The molecule has 0 saturated carbocycles. The van der Waals surface area contributed by atoms with Gasteiger partial charge in [0.1, 0.15) is 23.0 Å². The van der Waals surface area contributed by atoms with Crippen molar-refractivity contribution in [3.8, 4) is 46.0 Å². The molecule has 40 heavy (non-hydrogen) atoms. The summed E-state index contributed by atoms with van der Waals surface area (Å²) in [4.78, 5) is 8.54. The average molecular weight is 589 g/mol. The Hall–Kier alpha value is -4.53. The summed E-state index contributed by atoms with van der Waals surface area (Å²) in [6.45, 7) is -0.735. The van der Waals surface area contributed by atoms with Crippen LogP contribution in [0.1, 0.15) is 0 Å². The summed E-state index contributed by atoms with van der Waals surface area (Å²) in [5, 5.41) is 21.2. The summed E-state index contributed by atoms with van der Waals surface area (Å²) < 4.78 is 57.8. The van der Waals surface area contributed by atoms with Crippen LogP contribution in [-0.2, 0) is 10.0 Å². The van der Waals surface area contributed by atoms with Crippen molar-refractivity contribution in [3.63, 3.8) is 0 Å². The van der Waals surface area contributed by atoms with E-state index in [0.29, 0.717) is 16.0 Å².